The van der Waals surface area contributed by atoms with Crippen molar-refractivity contribution in [2.45, 2.75) is 34.2 Å². The summed E-state index contributed by atoms with van der Waals surface area (Å²) in [5.74, 6) is 0.183. The Morgan fingerprint density at radius 3 is 2.60 bits per heavy atom. The minimum absolute atomic E-state index is 0.0745. The smallest absolute Gasteiger partial charge is 0.234 e. The van der Waals surface area contributed by atoms with Crippen LogP contribution in [0.15, 0.2) is 6.07 Å². The Labute approximate surface area is 120 Å². The molecule has 0 bridgehead atoms. The molecule has 1 heterocycles. The summed E-state index contributed by atoms with van der Waals surface area (Å²) < 4.78 is 0. The zero-order chi connectivity index (χ0) is 14.9. The molecule has 108 valence electrons. The SMILES string of the molecule is CC(=O)c1c(C)cc(C)c(CN2CCNC(=O)C2)c1C. The van der Waals surface area contributed by atoms with Crippen molar-refractivity contribution in [3.05, 3.63) is 33.9 Å². The van der Waals surface area contributed by atoms with Crippen LogP contribution in [0.3, 0.4) is 0 Å². The molecule has 1 aromatic carbocycles. The van der Waals surface area contributed by atoms with Crippen molar-refractivity contribution in [1.82, 2.24) is 10.2 Å². The number of Topliss-reactive ketones (excluding diaryl/α,β-unsaturated/α-hetero) is 1. The van der Waals surface area contributed by atoms with Crippen LogP contribution in [0.4, 0.5) is 0 Å². The summed E-state index contributed by atoms with van der Waals surface area (Å²) in [6.07, 6.45) is 0. The summed E-state index contributed by atoms with van der Waals surface area (Å²) in [6, 6.07) is 2.07. The van der Waals surface area contributed by atoms with Crippen LogP contribution < -0.4 is 5.32 Å². The highest BCUT2D eigenvalue weighted by molar-refractivity contribution is 5.97. The molecule has 0 radical (unpaired) electrons. The molecule has 0 atom stereocenters. The van der Waals surface area contributed by atoms with Gasteiger partial charge in [-0.25, -0.2) is 0 Å². The number of carbonyl (C=O) groups is 2. The average molecular weight is 274 g/mol. The summed E-state index contributed by atoms with van der Waals surface area (Å²) >= 11 is 0. The maximum Gasteiger partial charge on any atom is 0.234 e. The van der Waals surface area contributed by atoms with E-state index in [1.807, 2.05) is 13.8 Å². The molecule has 0 saturated carbocycles. The molecule has 4 heteroatoms. The lowest BCUT2D eigenvalue weighted by Crippen LogP contribution is -2.47. The fraction of sp³-hybridized carbons (Fsp3) is 0.500. The molecular weight excluding hydrogens is 252 g/mol. The minimum Gasteiger partial charge on any atom is -0.354 e. The molecular formula is C16H22N2O2. The summed E-state index contributed by atoms with van der Waals surface area (Å²) in [6.45, 7) is 10.4. The molecule has 1 aliphatic rings. The molecule has 1 saturated heterocycles. The van der Waals surface area contributed by atoms with E-state index in [1.54, 1.807) is 6.92 Å². The average Bonchev–Trinajstić information content (AvgIpc) is 2.33. The summed E-state index contributed by atoms with van der Waals surface area (Å²) in [5, 5.41) is 2.83. The molecule has 20 heavy (non-hydrogen) atoms. The highest BCUT2D eigenvalue weighted by Crippen LogP contribution is 2.24. The van der Waals surface area contributed by atoms with Gasteiger partial charge in [-0.2, -0.15) is 0 Å². The zero-order valence-corrected chi connectivity index (χ0v) is 12.7. The molecule has 2 rings (SSSR count). The van der Waals surface area contributed by atoms with Gasteiger partial charge >= 0.3 is 0 Å². The molecule has 0 aromatic heterocycles. The third kappa shape index (κ3) is 2.90. The number of rotatable bonds is 3. The topological polar surface area (TPSA) is 49.4 Å². The van der Waals surface area contributed by atoms with Crippen LogP contribution in [-0.2, 0) is 11.3 Å². The van der Waals surface area contributed by atoms with Crippen molar-refractivity contribution in [2.24, 2.45) is 0 Å². The highest BCUT2D eigenvalue weighted by atomic mass is 16.2. The fourth-order valence-electron chi connectivity index (χ4n) is 3.06. The number of carbonyl (C=O) groups excluding carboxylic acids is 2. The normalized spacial score (nSPS) is 16.1. The quantitative estimate of drug-likeness (QED) is 0.854. The first-order valence-corrected chi connectivity index (χ1v) is 6.99. The molecule has 0 aliphatic carbocycles. The number of hydrogen-bond acceptors (Lipinski definition) is 3. The van der Waals surface area contributed by atoms with E-state index in [4.69, 9.17) is 0 Å². The van der Waals surface area contributed by atoms with Crippen LogP contribution in [0.1, 0.15) is 39.5 Å². The van der Waals surface area contributed by atoms with Gasteiger partial charge in [-0.1, -0.05) is 6.07 Å². The minimum atomic E-state index is 0.0745. The van der Waals surface area contributed by atoms with Gasteiger partial charge in [-0.05, 0) is 49.9 Å². The molecule has 0 unspecified atom stereocenters. The van der Waals surface area contributed by atoms with Crippen LogP contribution >= 0.6 is 0 Å². The van der Waals surface area contributed by atoms with Crippen molar-refractivity contribution in [1.29, 1.82) is 0 Å². The number of amides is 1. The van der Waals surface area contributed by atoms with E-state index in [0.29, 0.717) is 13.1 Å². The van der Waals surface area contributed by atoms with Gasteiger partial charge in [0.15, 0.2) is 5.78 Å². The van der Waals surface area contributed by atoms with Crippen LogP contribution in [0, 0.1) is 20.8 Å². The third-order valence-corrected chi connectivity index (χ3v) is 3.98. The lowest BCUT2D eigenvalue weighted by Gasteiger charge is -2.28. The molecule has 0 spiro atoms. The zero-order valence-electron chi connectivity index (χ0n) is 12.7. The lowest BCUT2D eigenvalue weighted by atomic mass is 9.91. The summed E-state index contributed by atoms with van der Waals surface area (Å²) in [5.41, 5.74) is 5.28. The van der Waals surface area contributed by atoms with E-state index >= 15 is 0 Å². The Morgan fingerprint density at radius 1 is 1.30 bits per heavy atom. The Kier molecular flexibility index (Phi) is 4.23. The van der Waals surface area contributed by atoms with Crippen LogP contribution in [0.5, 0.6) is 0 Å². The van der Waals surface area contributed by atoms with Crippen molar-refractivity contribution in [2.75, 3.05) is 19.6 Å². The first-order chi connectivity index (χ1) is 9.40. The monoisotopic (exact) mass is 274 g/mol. The van der Waals surface area contributed by atoms with Crippen LogP contribution in [0.25, 0.3) is 0 Å². The van der Waals surface area contributed by atoms with Gasteiger partial charge in [-0.3, -0.25) is 14.5 Å². The second kappa shape index (κ2) is 5.75. The Bertz CT molecular complexity index is 564. The molecule has 1 N–H and O–H groups in total. The van der Waals surface area contributed by atoms with Gasteiger partial charge in [0.2, 0.25) is 5.91 Å². The number of nitrogens with one attached hydrogen (secondary N) is 1. The van der Waals surface area contributed by atoms with Gasteiger partial charge < -0.3 is 5.32 Å². The predicted octanol–water partition coefficient (Wildman–Crippen LogP) is 1.75. The summed E-state index contributed by atoms with van der Waals surface area (Å²) in [4.78, 5) is 25.4. The van der Waals surface area contributed by atoms with Gasteiger partial charge in [0.25, 0.3) is 0 Å². The molecule has 1 aromatic rings. The van der Waals surface area contributed by atoms with Crippen molar-refractivity contribution in [3.63, 3.8) is 0 Å². The predicted molar refractivity (Wildman–Crippen MR) is 78.9 cm³/mol. The number of ketones is 1. The van der Waals surface area contributed by atoms with Crippen molar-refractivity contribution < 1.29 is 9.59 Å². The summed E-state index contributed by atoms with van der Waals surface area (Å²) in [7, 11) is 0. The third-order valence-electron chi connectivity index (χ3n) is 3.98. The van der Waals surface area contributed by atoms with Crippen molar-refractivity contribution in [3.8, 4) is 0 Å². The van der Waals surface area contributed by atoms with E-state index in [9.17, 15) is 9.59 Å². The van der Waals surface area contributed by atoms with Crippen LogP contribution in [-0.4, -0.2) is 36.2 Å². The number of benzene rings is 1. The van der Waals surface area contributed by atoms with E-state index in [2.05, 4.69) is 23.2 Å². The second-order valence-corrected chi connectivity index (χ2v) is 5.61. The standard InChI is InChI=1S/C16H22N2O2/c1-10-7-11(2)16(13(4)19)12(3)14(10)8-18-6-5-17-15(20)9-18/h7H,5-6,8-9H2,1-4H3,(H,17,20). The molecule has 4 nitrogen and oxygen atoms in total. The fourth-order valence-corrected chi connectivity index (χ4v) is 3.06. The van der Waals surface area contributed by atoms with Crippen LogP contribution in [0.2, 0.25) is 0 Å². The highest BCUT2D eigenvalue weighted by Gasteiger charge is 2.20. The van der Waals surface area contributed by atoms with Gasteiger partial charge in [0.1, 0.15) is 0 Å². The van der Waals surface area contributed by atoms with Gasteiger partial charge in [-0.15, -0.1) is 0 Å². The lowest BCUT2D eigenvalue weighted by molar-refractivity contribution is -0.124. The van der Waals surface area contributed by atoms with E-state index in [1.165, 1.54) is 11.1 Å². The largest absolute Gasteiger partial charge is 0.354 e. The first kappa shape index (κ1) is 14.7. The first-order valence-electron chi connectivity index (χ1n) is 6.99. The Morgan fingerprint density at radius 2 is 2.00 bits per heavy atom. The number of hydrogen-bond donors (Lipinski definition) is 1. The van der Waals surface area contributed by atoms with E-state index in [0.717, 1.165) is 29.8 Å². The molecule has 1 aliphatic heterocycles. The molecule has 1 fully saturated rings. The maximum atomic E-state index is 11.8. The Hall–Kier alpha value is -1.68. The van der Waals surface area contributed by atoms with E-state index in [-0.39, 0.29) is 11.7 Å². The molecule has 1 amide bonds. The number of piperazine rings is 1. The maximum absolute atomic E-state index is 11.8. The second-order valence-electron chi connectivity index (χ2n) is 5.61. The van der Waals surface area contributed by atoms with Gasteiger partial charge in [0, 0.05) is 25.2 Å². The Balaban J connectivity index is 2.34. The van der Waals surface area contributed by atoms with Gasteiger partial charge in [0.05, 0.1) is 6.54 Å². The number of nitrogens with zero attached hydrogens (tertiary/aromatic N) is 1. The van der Waals surface area contributed by atoms with Crippen molar-refractivity contribution >= 4 is 11.7 Å². The number of aryl methyl sites for hydroxylation is 2. The van der Waals surface area contributed by atoms with E-state index < -0.39 is 0 Å².